The number of benzene rings is 3. The lowest BCUT2D eigenvalue weighted by Gasteiger charge is -2.27. The van der Waals surface area contributed by atoms with Crippen molar-refractivity contribution in [3.63, 3.8) is 0 Å². The number of hydrogen-bond donors (Lipinski definition) is 1. The normalized spacial score (nSPS) is 14.8. The average Bonchev–Trinajstić information content (AvgIpc) is 2.85. The van der Waals surface area contributed by atoms with Gasteiger partial charge in [-0.05, 0) is 66.1 Å². The lowest BCUT2D eigenvalue weighted by atomic mass is 10.1. The van der Waals surface area contributed by atoms with Crippen molar-refractivity contribution in [3.05, 3.63) is 91.9 Å². The van der Waals surface area contributed by atoms with Crippen LogP contribution in [0.4, 0.5) is 10.5 Å². The summed E-state index contributed by atoms with van der Waals surface area (Å²) >= 11 is 18.2. The fourth-order valence-electron chi connectivity index (χ4n) is 3.56. The van der Waals surface area contributed by atoms with Gasteiger partial charge < -0.3 is 9.47 Å². The predicted octanol–water partition coefficient (Wildman–Crippen LogP) is 6.21. The van der Waals surface area contributed by atoms with Gasteiger partial charge in [0.15, 0.2) is 11.5 Å². The Kier molecular flexibility index (Phi) is 7.54. The fourth-order valence-corrected chi connectivity index (χ4v) is 4.06. The number of rotatable bonds is 6. The first-order chi connectivity index (χ1) is 17.2. The molecule has 0 unspecified atom stereocenters. The molecule has 36 heavy (non-hydrogen) atoms. The minimum Gasteiger partial charge on any atom is -0.493 e. The molecule has 7 nitrogen and oxygen atoms in total. The molecule has 0 saturated carbocycles. The van der Waals surface area contributed by atoms with Crippen LogP contribution in [0.3, 0.4) is 0 Å². The third-order valence-corrected chi connectivity index (χ3v) is 6.61. The number of barbiturate groups is 1. The van der Waals surface area contributed by atoms with Gasteiger partial charge in [0, 0.05) is 5.02 Å². The number of methoxy groups -OCH3 is 1. The molecule has 0 bridgehead atoms. The number of ether oxygens (including phenoxy) is 2. The maximum absolute atomic E-state index is 13.2. The molecule has 0 spiro atoms. The number of hydrogen-bond acceptors (Lipinski definition) is 5. The highest BCUT2D eigenvalue weighted by Crippen LogP contribution is 2.32. The lowest BCUT2D eigenvalue weighted by molar-refractivity contribution is -0.122. The molecule has 1 aliphatic heterocycles. The van der Waals surface area contributed by atoms with E-state index in [9.17, 15) is 14.4 Å². The van der Waals surface area contributed by atoms with E-state index in [1.165, 1.54) is 13.2 Å². The topological polar surface area (TPSA) is 84.9 Å². The van der Waals surface area contributed by atoms with Crippen molar-refractivity contribution in [2.45, 2.75) is 13.5 Å². The van der Waals surface area contributed by atoms with Crippen LogP contribution in [0.25, 0.3) is 6.08 Å². The molecule has 0 radical (unpaired) electrons. The number of urea groups is 1. The summed E-state index contributed by atoms with van der Waals surface area (Å²) in [6.45, 7) is 1.89. The largest absolute Gasteiger partial charge is 0.493 e. The highest BCUT2D eigenvalue weighted by atomic mass is 35.5. The molecule has 1 aliphatic rings. The first kappa shape index (κ1) is 25.6. The van der Waals surface area contributed by atoms with Crippen molar-refractivity contribution in [1.29, 1.82) is 0 Å². The molecule has 1 fully saturated rings. The van der Waals surface area contributed by atoms with Gasteiger partial charge in [0.1, 0.15) is 12.2 Å². The van der Waals surface area contributed by atoms with Gasteiger partial charge >= 0.3 is 6.03 Å². The third-order valence-electron chi connectivity index (χ3n) is 5.46. The third kappa shape index (κ3) is 5.18. The molecule has 10 heteroatoms. The van der Waals surface area contributed by atoms with Crippen LogP contribution in [0.15, 0.2) is 60.2 Å². The van der Waals surface area contributed by atoms with E-state index in [1.807, 2.05) is 0 Å². The van der Waals surface area contributed by atoms with Crippen LogP contribution < -0.4 is 19.7 Å². The van der Waals surface area contributed by atoms with Crippen LogP contribution in [0.2, 0.25) is 15.1 Å². The number of imide groups is 2. The molecule has 4 rings (SSSR count). The average molecular weight is 546 g/mol. The summed E-state index contributed by atoms with van der Waals surface area (Å²) in [7, 11) is 1.47. The summed E-state index contributed by atoms with van der Waals surface area (Å²) in [4.78, 5) is 39.1. The molecule has 3 aromatic carbocycles. The van der Waals surface area contributed by atoms with Crippen LogP contribution >= 0.6 is 34.8 Å². The molecule has 0 aliphatic carbocycles. The van der Waals surface area contributed by atoms with E-state index in [0.29, 0.717) is 37.7 Å². The molecule has 184 valence electrons. The van der Waals surface area contributed by atoms with Crippen molar-refractivity contribution in [1.82, 2.24) is 5.32 Å². The summed E-state index contributed by atoms with van der Waals surface area (Å²) in [6.07, 6.45) is 1.38. The zero-order valence-corrected chi connectivity index (χ0v) is 21.4. The number of nitrogens with one attached hydrogen (secondary N) is 1. The molecule has 4 amide bonds. The molecular weight excluding hydrogens is 527 g/mol. The number of amides is 4. The summed E-state index contributed by atoms with van der Waals surface area (Å²) < 4.78 is 11.3. The van der Waals surface area contributed by atoms with Crippen LogP contribution in [-0.4, -0.2) is 25.0 Å². The van der Waals surface area contributed by atoms with Gasteiger partial charge in [0.25, 0.3) is 11.8 Å². The van der Waals surface area contributed by atoms with Crippen molar-refractivity contribution in [2.24, 2.45) is 0 Å². The van der Waals surface area contributed by atoms with E-state index in [-0.39, 0.29) is 17.9 Å². The monoisotopic (exact) mass is 544 g/mol. The summed E-state index contributed by atoms with van der Waals surface area (Å²) in [5.41, 5.74) is 1.89. The van der Waals surface area contributed by atoms with Gasteiger partial charge in [-0.15, -0.1) is 0 Å². The Morgan fingerprint density at radius 2 is 1.69 bits per heavy atom. The second-order valence-corrected chi connectivity index (χ2v) is 9.01. The highest BCUT2D eigenvalue weighted by molar-refractivity contribution is 6.42. The zero-order chi connectivity index (χ0) is 26.0. The van der Waals surface area contributed by atoms with E-state index in [0.717, 1.165) is 10.5 Å². The molecule has 1 N–H and O–H groups in total. The van der Waals surface area contributed by atoms with Crippen molar-refractivity contribution in [2.75, 3.05) is 12.0 Å². The molecule has 1 saturated heterocycles. The standard InChI is InChI=1S/C26H19Cl3N2O5/c1-14-18(27)4-3-5-21(14)31-25(33)17(24(32)30-26(31)34)10-15-7-9-22(23(12-15)35-2)36-13-16-6-8-19(28)20(29)11-16/h3-12H,13H2,1-2H3,(H,30,32,34)/b17-10+. The molecule has 0 atom stereocenters. The SMILES string of the molecule is COc1cc(/C=C2\C(=O)NC(=O)N(c3cccc(Cl)c3C)C2=O)ccc1OCc1ccc(Cl)c(Cl)c1. The van der Waals surface area contributed by atoms with Crippen LogP contribution in [0.1, 0.15) is 16.7 Å². The first-order valence-electron chi connectivity index (χ1n) is 10.6. The minimum absolute atomic E-state index is 0.213. The van der Waals surface area contributed by atoms with E-state index in [4.69, 9.17) is 44.3 Å². The fraction of sp³-hybridized carbons (Fsp3) is 0.115. The Hall–Kier alpha value is -3.52. The van der Waals surface area contributed by atoms with E-state index >= 15 is 0 Å². The van der Waals surface area contributed by atoms with E-state index in [1.54, 1.807) is 61.5 Å². The van der Waals surface area contributed by atoms with Gasteiger partial charge in [0.2, 0.25) is 0 Å². The van der Waals surface area contributed by atoms with Crippen LogP contribution in [0, 0.1) is 6.92 Å². The second kappa shape index (κ2) is 10.6. The van der Waals surface area contributed by atoms with Gasteiger partial charge in [-0.2, -0.15) is 0 Å². The van der Waals surface area contributed by atoms with Gasteiger partial charge in [0.05, 0.1) is 22.8 Å². The molecule has 3 aromatic rings. The summed E-state index contributed by atoms with van der Waals surface area (Å²) in [5.74, 6) is -0.754. The molecule has 1 heterocycles. The Morgan fingerprint density at radius 1 is 0.917 bits per heavy atom. The highest BCUT2D eigenvalue weighted by Gasteiger charge is 2.37. The smallest absolute Gasteiger partial charge is 0.335 e. The maximum Gasteiger partial charge on any atom is 0.335 e. The Balaban J connectivity index is 1.61. The number of nitrogens with zero attached hydrogens (tertiary/aromatic N) is 1. The number of halogens is 3. The molecular formula is C26H19Cl3N2O5. The predicted molar refractivity (Wildman–Crippen MR) is 139 cm³/mol. The van der Waals surface area contributed by atoms with Crippen molar-refractivity contribution >= 4 is 64.4 Å². The second-order valence-electron chi connectivity index (χ2n) is 7.79. The number of carbonyl (C=O) groups excluding carboxylic acids is 3. The quantitative estimate of drug-likeness (QED) is 0.294. The Morgan fingerprint density at radius 3 is 2.42 bits per heavy atom. The van der Waals surface area contributed by atoms with Crippen molar-refractivity contribution in [3.8, 4) is 11.5 Å². The molecule has 0 aromatic heterocycles. The lowest BCUT2D eigenvalue weighted by Crippen LogP contribution is -2.54. The van der Waals surface area contributed by atoms with Crippen molar-refractivity contribution < 1.29 is 23.9 Å². The van der Waals surface area contributed by atoms with Gasteiger partial charge in [-0.3, -0.25) is 14.9 Å². The van der Waals surface area contributed by atoms with Crippen LogP contribution in [0.5, 0.6) is 11.5 Å². The summed E-state index contributed by atoms with van der Waals surface area (Å²) in [5, 5.41) is 3.45. The summed E-state index contributed by atoms with van der Waals surface area (Å²) in [6, 6.07) is 14.1. The van der Waals surface area contributed by atoms with Gasteiger partial charge in [-0.1, -0.05) is 53.0 Å². The number of carbonyl (C=O) groups is 3. The Labute approximate surface area is 222 Å². The van der Waals surface area contributed by atoms with E-state index in [2.05, 4.69) is 5.32 Å². The zero-order valence-electron chi connectivity index (χ0n) is 19.1. The van der Waals surface area contributed by atoms with Gasteiger partial charge in [-0.25, -0.2) is 9.69 Å². The Bertz CT molecular complexity index is 1420. The maximum atomic E-state index is 13.2. The van der Waals surface area contributed by atoms with E-state index < -0.39 is 17.8 Å². The van der Waals surface area contributed by atoms with Crippen LogP contribution in [-0.2, 0) is 16.2 Å². The number of anilines is 1. The first-order valence-corrected chi connectivity index (χ1v) is 11.7. The minimum atomic E-state index is -0.851.